The number of benzene rings is 2. The van der Waals surface area contributed by atoms with Gasteiger partial charge in [-0.1, -0.05) is 95.3 Å². The van der Waals surface area contributed by atoms with Gasteiger partial charge in [0, 0.05) is 12.8 Å². The molecular formula is C29H40O2. The standard InChI is InChI=1S/C29H40O2/c1-4-5-6-12-19-29(2,3)27-18-17-25(24-15-10-11-16-26(30)20-24)21-28(27)31-22-23-13-8-7-9-14-23/h7-9,13-14,17-18,21,24H,4-6,10-12,15-16,19-20,22H2,1-3H3. The Morgan fingerprint density at radius 2 is 1.81 bits per heavy atom. The summed E-state index contributed by atoms with van der Waals surface area (Å²) in [5, 5.41) is 0. The Bertz CT molecular complexity index is 822. The number of ether oxygens (including phenoxy) is 1. The zero-order chi connectivity index (χ0) is 22.1. The smallest absolute Gasteiger partial charge is 0.133 e. The van der Waals surface area contributed by atoms with E-state index in [1.165, 1.54) is 42.4 Å². The van der Waals surface area contributed by atoms with E-state index in [1.54, 1.807) is 0 Å². The van der Waals surface area contributed by atoms with Crippen molar-refractivity contribution in [2.45, 2.75) is 103 Å². The molecule has 1 fully saturated rings. The fourth-order valence-electron chi connectivity index (χ4n) is 4.81. The predicted molar refractivity (Wildman–Crippen MR) is 130 cm³/mol. The van der Waals surface area contributed by atoms with Crippen LogP contribution in [0.3, 0.4) is 0 Å². The third-order valence-corrected chi connectivity index (χ3v) is 6.83. The van der Waals surface area contributed by atoms with Crippen LogP contribution >= 0.6 is 0 Å². The summed E-state index contributed by atoms with van der Waals surface area (Å²) in [6, 6.07) is 17.2. The van der Waals surface area contributed by atoms with Gasteiger partial charge < -0.3 is 4.74 Å². The number of hydrogen-bond donors (Lipinski definition) is 0. The van der Waals surface area contributed by atoms with Crippen LogP contribution in [0.15, 0.2) is 48.5 Å². The Morgan fingerprint density at radius 3 is 2.58 bits per heavy atom. The number of unbranched alkanes of at least 4 members (excludes halogenated alkanes) is 3. The molecule has 2 nitrogen and oxygen atoms in total. The van der Waals surface area contributed by atoms with Gasteiger partial charge >= 0.3 is 0 Å². The first-order chi connectivity index (χ1) is 15.0. The second-order valence-corrected chi connectivity index (χ2v) is 9.91. The maximum absolute atomic E-state index is 12.2. The molecule has 0 aliphatic heterocycles. The van der Waals surface area contributed by atoms with Gasteiger partial charge in [0.15, 0.2) is 0 Å². The minimum atomic E-state index is 0.0670. The second kappa shape index (κ2) is 11.5. The molecule has 31 heavy (non-hydrogen) atoms. The molecule has 2 aromatic rings. The molecule has 0 amide bonds. The van der Waals surface area contributed by atoms with Gasteiger partial charge in [-0.15, -0.1) is 0 Å². The molecule has 0 heterocycles. The van der Waals surface area contributed by atoms with E-state index >= 15 is 0 Å². The minimum Gasteiger partial charge on any atom is -0.489 e. The zero-order valence-corrected chi connectivity index (χ0v) is 19.8. The summed E-state index contributed by atoms with van der Waals surface area (Å²) in [4.78, 5) is 12.2. The highest BCUT2D eigenvalue weighted by molar-refractivity contribution is 5.79. The molecule has 1 aliphatic rings. The van der Waals surface area contributed by atoms with Crippen LogP contribution in [0.4, 0.5) is 0 Å². The molecular weight excluding hydrogens is 380 g/mol. The van der Waals surface area contributed by atoms with Gasteiger partial charge in [0.05, 0.1) is 0 Å². The Labute approximate surface area is 189 Å². The van der Waals surface area contributed by atoms with Crippen LogP contribution in [-0.4, -0.2) is 5.78 Å². The van der Waals surface area contributed by atoms with Crippen LogP contribution in [0.5, 0.6) is 5.75 Å². The van der Waals surface area contributed by atoms with Crippen molar-refractivity contribution in [2.24, 2.45) is 0 Å². The van der Waals surface area contributed by atoms with E-state index in [-0.39, 0.29) is 5.41 Å². The number of ketones is 1. The second-order valence-electron chi connectivity index (χ2n) is 9.91. The average Bonchev–Trinajstić information content (AvgIpc) is 3.00. The monoisotopic (exact) mass is 420 g/mol. The molecule has 0 bridgehead atoms. The summed E-state index contributed by atoms with van der Waals surface area (Å²) < 4.78 is 6.44. The Hall–Kier alpha value is -2.09. The first-order valence-electron chi connectivity index (χ1n) is 12.3. The molecule has 1 atom stereocenters. The maximum Gasteiger partial charge on any atom is 0.133 e. The molecule has 0 spiro atoms. The van der Waals surface area contributed by atoms with E-state index in [0.717, 1.165) is 37.9 Å². The van der Waals surface area contributed by atoms with Crippen molar-refractivity contribution in [1.82, 2.24) is 0 Å². The lowest BCUT2D eigenvalue weighted by Gasteiger charge is -2.29. The first kappa shape index (κ1) is 23.6. The van der Waals surface area contributed by atoms with Crippen molar-refractivity contribution in [1.29, 1.82) is 0 Å². The highest BCUT2D eigenvalue weighted by atomic mass is 16.5. The molecule has 0 aromatic heterocycles. The molecule has 1 unspecified atom stereocenters. The highest BCUT2D eigenvalue weighted by Gasteiger charge is 2.26. The Morgan fingerprint density at radius 1 is 1.00 bits per heavy atom. The lowest BCUT2D eigenvalue weighted by Crippen LogP contribution is -2.19. The quantitative estimate of drug-likeness (QED) is 0.286. The predicted octanol–water partition coefficient (Wildman–Crippen LogP) is 8.13. The average molecular weight is 421 g/mol. The van der Waals surface area contributed by atoms with Crippen LogP contribution in [0.25, 0.3) is 0 Å². The Kier molecular flexibility index (Phi) is 8.75. The van der Waals surface area contributed by atoms with Gasteiger partial charge in [0.2, 0.25) is 0 Å². The summed E-state index contributed by atoms with van der Waals surface area (Å²) in [7, 11) is 0. The largest absolute Gasteiger partial charge is 0.489 e. The fourth-order valence-corrected chi connectivity index (χ4v) is 4.81. The van der Waals surface area contributed by atoms with Crippen LogP contribution in [-0.2, 0) is 16.8 Å². The number of Topliss-reactive ketones (excluding diaryl/α,β-unsaturated/α-hetero) is 1. The van der Waals surface area contributed by atoms with Gasteiger partial charge in [-0.3, -0.25) is 4.79 Å². The lowest BCUT2D eigenvalue weighted by molar-refractivity contribution is -0.119. The van der Waals surface area contributed by atoms with Crippen molar-refractivity contribution >= 4 is 5.78 Å². The van der Waals surface area contributed by atoms with Gasteiger partial charge in [-0.2, -0.15) is 0 Å². The minimum absolute atomic E-state index is 0.0670. The van der Waals surface area contributed by atoms with Crippen LogP contribution in [0.2, 0.25) is 0 Å². The summed E-state index contributed by atoms with van der Waals surface area (Å²) in [5.41, 5.74) is 3.81. The van der Waals surface area contributed by atoms with Crippen molar-refractivity contribution in [3.8, 4) is 5.75 Å². The van der Waals surface area contributed by atoms with E-state index in [0.29, 0.717) is 24.7 Å². The summed E-state index contributed by atoms with van der Waals surface area (Å²) in [6.45, 7) is 7.53. The normalized spacial score (nSPS) is 17.4. The van der Waals surface area contributed by atoms with Crippen molar-refractivity contribution in [2.75, 3.05) is 0 Å². The molecule has 2 aromatic carbocycles. The molecule has 3 rings (SSSR count). The van der Waals surface area contributed by atoms with E-state index < -0.39 is 0 Å². The molecule has 1 saturated carbocycles. The molecule has 0 N–H and O–H groups in total. The van der Waals surface area contributed by atoms with Crippen LogP contribution in [0, 0.1) is 0 Å². The van der Waals surface area contributed by atoms with E-state index in [9.17, 15) is 4.79 Å². The summed E-state index contributed by atoms with van der Waals surface area (Å²) >= 11 is 0. The van der Waals surface area contributed by atoms with Gasteiger partial charge in [0.1, 0.15) is 18.1 Å². The first-order valence-corrected chi connectivity index (χ1v) is 12.3. The van der Waals surface area contributed by atoms with Gasteiger partial charge in [-0.25, -0.2) is 0 Å². The number of carbonyl (C=O) groups excluding carboxylic acids is 1. The highest BCUT2D eigenvalue weighted by Crippen LogP contribution is 2.40. The molecule has 0 radical (unpaired) electrons. The zero-order valence-electron chi connectivity index (χ0n) is 19.8. The van der Waals surface area contributed by atoms with E-state index in [1.807, 2.05) is 6.07 Å². The fraction of sp³-hybridized carbons (Fsp3) is 0.552. The third kappa shape index (κ3) is 6.95. The number of rotatable bonds is 10. The van der Waals surface area contributed by atoms with Crippen LogP contribution in [0.1, 0.15) is 108 Å². The molecule has 168 valence electrons. The SMILES string of the molecule is CCCCCCC(C)(C)c1ccc(C2CCCCC(=O)C2)cc1OCc1ccccc1. The lowest BCUT2D eigenvalue weighted by atomic mass is 9.78. The van der Waals surface area contributed by atoms with E-state index in [4.69, 9.17) is 4.74 Å². The molecule has 1 aliphatic carbocycles. The van der Waals surface area contributed by atoms with Crippen molar-refractivity contribution in [3.05, 3.63) is 65.2 Å². The van der Waals surface area contributed by atoms with Crippen LogP contribution < -0.4 is 4.74 Å². The van der Waals surface area contributed by atoms with Gasteiger partial charge in [0.25, 0.3) is 0 Å². The molecule has 2 heteroatoms. The topological polar surface area (TPSA) is 26.3 Å². The Balaban J connectivity index is 1.84. The van der Waals surface area contributed by atoms with Crippen molar-refractivity contribution < 1.29 is 9.53 Å². The summed E-state index contributed by atoms with van der Waals surface area (Å²) in [6.07, 6.45) is 11.0. The van der Waals surface area contributed by atoms with Gasteiger partial charge in [-0.05, 0) is 53.4 Å². The number of hydrogen-bond acceptors (Lipinski definition) is 2. The third-order valence-electron chi connectivity index (χ3n) is 6.83. The molecule has 0 saturated heterocycles. The summed E-state index contributed by atoms with van der Waals surface area (Å²) in [5.74, 6) is 1.74. The van der Waals surface area contributed by atoms with E-state index in [2.05, 4.69) is 63.2 Å². The number of carbonyl (C=O) groups is 1. The maximum atomic E-state index is 12.2. The van der Waals surface area contributed by atoms with Crippen molar-refractivity contribution in [3.63, 3.8) is 0 Å².